The van der Waals surface area contributed by atoms with Crippen molar-refractivity contribution in [1.29, 1.82) is 0 Å². The van der Waals surface area contributed by atoms with Gasteiger partial charge >= 0.3 is 0 Å². The molecule has 176 valence electrons. The van der Waals surface area contributed by atoms with Crippen molar-refractivity contribution < 1.29 is 14.7 Å². The molecule has 4 aromatic rings. The summed E-state index contributed by atoms with van der Waals surface area (Å²) in [6, 6.07) is 25.8. The molecule has 0 unspecified atom stereocenters. The Kier molecular flexibility index (Phi) is 6.46. The minimum Gasteiger partial charge on any atom is -0.393 e. The second-order valence-electron chi connectivity index (χ2n) is 8.76. The number of nitrogens with one attached hydrogen (secondary N) is 1. The highest BCUT2D eigenvalue weighted by molar-refractivity contribution is 6.09. The Balaban J connectivity index is 1.20. The first-order valence-corrected chi connectivity index (χ1v) is 11.8. The zero-order chi connectivity index (χ0) is 24.2. The van der Waals surface area contributed by atoms with Crippen LogP contribution in [0.3, 0.4) is 0 Å². The van der Waals surface area contributed by atoms with Crippen LogP contribution in [0.25, 0.3) is 5.69 Å². The number of ketones is 1. The molecular formula is C29H27N3O3. The van der Waals surface area contributed by atoms with Crippen LogP contribution < -0.4 is 10.2 Å². The van der Waals surface area contributed by atoms with Crippen LogP contribution in [-0.2, 0) is 0 Å². The molecule has 5 rings (SSSR count). The average molecular weight is 466 g/mol. The van der Waals surface area contributed by atoms with Gasteiger partial charge in [0.2, 0.25) is 0 Å². The molecule has 3 aromatic carbocycles. The van der Waals surface area contributed by atoms with Crippen molar-refractivity contribution in [1.82, 2.24) is 4.57 Å². The number of rotatable bonds is 6. The Labute approximate surface area is 204 Å². The monoisotopic (exact) mass is 465 g/mol. The SMILES string of the molecule is O=C(Nc1ccc(C(=O)c2ccc(-n3cccc3)cc2)cc1)c1ccc(N2CCC(O)CC2)cc1. The van der Waals surface area contributed by atoms with E-state index in [1.165, 1.54) is 0 Å². The molecule has 6 nitrogen and oxygen atoms in total. The summed E-state index contributed by atoms with van der Waals surface area (Å²) in [5.74, 6) is -0.270. The summed E-state index contributed by atoms with van der Waals surface area (Å²) in [6.07, 6.45) is 5.23. The van der Waals surface area contributed by atoms with Gasteiger partial charge in [-0.15, -0.1) is 0 Å². The molecule has 0 spiro atoms. The molecule has 0 atom stereocenters. The second kappa shape index (κ2) is 9.99. The zero-order valence-electron chi connectivity index (χ0n) is 19.3. The van der Waals surface area contributed by atoms with Crippen molar-refractivity contribution in [2.24, 2.45) is 0 Å². The number of benzene rings is 3. The third-order valence-electron chi connectivity index (χ3n) is 6.40. The van der Waals surface area contributed by atoms with Crippen molar-refractivity contribution in [3.8, 4) is 5.69 Å². The van der Waals surface area contributed by atoms with Gasteiger partial charge in [-0.2, -0.15) is 0 Å². The number of piperidine rings is 1. The van der Waals surface area contributed by atoms with Crippen LogP contribution in [0.4, 0.5) is 11.4 Å². The number of nitrogens with zero attached hydrogens (tertiary/aromatic N) is 2. The van der Waals surface area contributed by atoms with Crippen molar-refractivity contribution in [2.45, 2.75) is 18.9 Å². The fourth-order valence-electron chi connectivity index (χ4n) is 4.31. The summed E-state index contributed by atoms with van der Waals surface area (Å²) < 4.78 is 1.98. The topological polar surface area (TPSA) is 74.6 Å². The molecule has 1 aliphatic rings. The first-order chi connectivity index (χ1) is 17.1. The summed E-state index contributed by atoms with van der Waals surface area (Å²) in [6.45, 7) is 1.63. The van der Waals surface area contributed by atoms with Crippen molar-refractivity contribution in [3.05, 3.63) is 114 Å². The first kappa shape index (κ1) is 22.6. The van der Waals surface area contributed by atoms with Gasteiger partial charge in [0, 0.05) is 59.2 Å². The summed E-state index contributed by atoms with van der Waals surface area (Å²) in [7, 11) is 0. The number of hydrogen-bond acceptors (Lipinski definition) is 4. The van der Waals surface area contributed by atoms with Gasteiger partial charge in [0.05, 0.1) is 6.10 Å². The Morgan fingerprint density at radius 1 is 0.714 bits per heavy atom. The van der Waals surface area contributed by atoms with Gasteiger partial charge in [0.25, 0.3) is 5.91 Å². The van der Waals surface area contributed by atoms with Crippen LogP contribution in [0.1, 0.15) is 39.1 Å². The predicted molar refractivity (Wildman–Crippen MR) is 137 cm³/mol. The van der Waals surface area contributed by atoms with E-state index >= 15 is 0 Å². The number of anilines is 2. The molecule has 1 saturated heterocycles. The standard InChI is InChI=1S/C29H27N3O3/c33-27-15-19-32(20-16-27)26-13-7-23(8-14-26)29(35)30-24-9-3-21(4-10-24)28(34)22-5-11-25(12-6-22)31-17-1-2-18-31/h1-14,17-18,27,33H,15-16,19-20H2,(H,30,35). The highest BCUT2D eigenvalue weighted by atomic mass is 16.3. The van der Waals surface area contributed by atoms with Gasteiger partial charge in [-0.1, -0.05) is 0 Å². The maximum atomic E-state index is 12.9. The third-order valence-corrected chi connectivity index (χ3v) is 6.40. The van der Waals surface area contributed by atoms with E-state index in [1.54, 1.807) is 24.3 Å². The normalized spacial score (nSPS) is 14.0. The van der Waals surface area contributed by atoms with Crippen LogP contribution in [0.15, 0.2) is 97.3 Å². The van der Waals surface area contributed by atoms with Gasteiger partial charge in [0.15, 0.2) is 5.78 Å². The summed E-state index contributed by atoms with van der Waals surface area (Å²) in [5, 5.41) is 12.6. The number of aromatic nitrogens is 1. The van der Waals surface area contributed by atoms with E-state index in [4.69, 9.17) is 0 Å². The maximum absolute atomic E-state index is 12.9. The van der Waals surface area contributed by atoms with E-state index in [9.17, 15) is 14.7 Å². The fraction of sp³-hybridized carbons (Fsp3) is 0.172. The minimum atomic E-state index is -0.214. The predicted octanol–water partition coefficient (Wildman–Crippen LogP) is 4.92. The van der Waals surface area contributed by atoms with E-state index in [-0.39, 0.29) is 17.8 Å². The molecule has 1 fully saturated rings. The Bertz CT molecular complexity index is 1290. The second-order valence-corrected chi connectivity index (χ2v) is 8.76. The van der Waals surface area contributed by atoms with Crippen LogP contribution >= 0.6 is 0 Å². The quantitative estimate of drug-likeness (QED) is 0.396. The number of aliphatic hydroxyl groups excluding tert-OH is 1. The van der Waals surface area contributed by atoms with E-state index < -0.39 is 0 Å². The zero-order valence-corrected chi connectivity index (χ0v) is 19.3. The number of hydrogen-bond donors (Lipinski definition) is 2. The van der Waals surface area contributed by atoms with Gasteiger partial charge in [-0.05, 0) is 97.8 Å². The highest BCUT2D eigenvalue weighted by Gasteiger charge is 2.17. The molecule has 0 radical (unpaired) electrons. The molecule has 0 saturated carbocycles. The lowest BCUT2D eigenvalue weighted by Crippen LogP contribution is -2.35. The van der Waals surface area contributed by atoms with Crippen LogP contribution in [0, 0.1) is 0 Å². The fourth-order valence-corrected chi connectivity index (χ4v) is 4.31. The van der Waals surface area contributed by atoms with E-state index in [2.05, 4.69) is 10.2 Å². The third kappa shape index (κ3) is 5.18. The largest absolute Gasteiger partial charge is 0.393 e. The number of carbonyl (C=O) groups excluding carboxylic acids is 2. The number of aliphatic hydroxyl groups is 1. The summed E-state index contributed by atoms with van der Waals surface area (Å²) in [5.41, 5.74) is 4.41. The molecule has 0 aliphatic carbocycles. The molecule has 6 heteroatoms. The molecule has 1 amide bonds. The van der Waals surface area contributed by atoms with Gasteiger partial charge in [-0.3, -0.25) is 9.59 Å². The van der Waals surface area contributed by atoms with Crippen LogP contribution in [-0.4, -0.2) is 40.6 Å². The number of amides is 1. The van der Waals surface area contributed by atoms with Gasteiger partial charge in [-0.25, -0.2) is 0 Å². The molecule has 1 aromatic heterocycles. The van der Waals surface area contributed by atoms with E-state index in [0.717, 1.165) is 37.3 Å². The van der Waals surface area contributed by atoms with Crippen LogP contribution in [0.2, 0.25) is 0 Å². The molecule has 2 N–H and O–H groups in total. The molecule has 1 aliphatic heterocycles. The highest BCUT2D eigenvalue weighted by Crippen LogP contribution is 2.21. The maximum Gasteiger partial charge on any atom is 0.255 e. The van der Waals surface area contributed by atoms with E-state index in [1.807, 2.05) is 77.6 Å². The molecular weight excluding hydrogens is 438 g/mol. The summed E-state index contributed by atoms with van der Waals surface area (Å²) in [4.78, 5) is 27.8. The smallest absolute Gasteiger partial charge is 0.255 e. The van der Waals surface area contributed by atoms with Gasteiger partial charge in [0.1, 0.15) is 0 Å². The lowest BCUT2D eigenvalue weighted by Gasteiger charge is -2.31. The average Bonchev–Trinajstić information content (AvgIpc) is 3.45. The van der Waals surface area contributed by atoms with Crippen molar-refractivity contribution in [2.75, 3.05) is 23.3 Å². The Hall–Kier alpha value is -4.16. The van der Waals surface area contributed by atoms with Gasteiger partial charge < -0.3 is 19.9 Å². The summed E-state index contributed by atoms with van der Waals surface area (Å²) >= 11 is 0. The Morgan fingerprint density at radius 2 is 1.23 bits per heavy atom. The lowest BCUT2D eigenvalue weighted by molar-refractivity contribution is 0.102. The number of carbonyl (C=O) groups is 2. The first-order valence-electron chi connectivity index (χ1n) is 11.8. The lowest BCUT2D eigenvalue weighted by atomic mass is 10.0. The minimum absolute atomic E-state index is 0.0669. The molecule has 0 bridgehead atoms. The van der Waals surface area contributed by atoms with E-state index in [0.29, 0.717) is 22.4 Å². The molecule has 35 heavy (non-hydrogen) atoms. The van der Waals surface area contributed by atoms with Crippen LogP contribution in [0.5, 0.6) is 0 Å². The van der Waals surface area contributed by atoms with Crippen molar-refractivity contribution >= 4 is 23.1 Å². The van der Waals surface area contributed by atoms with Crippen molar-refractivity contribution in [3.63, 3.8) is 0 Å². The Morgan fingerprint density at radius 3 is 1.83 bits per heavy atom. The molecule has 2 heterocycles.